The number of rotatable bonds is 6. The summed E-state index contributed by atoms with van der Waals surface area (Å²) in [5.41, 5.74) is 2.39. The van der Waals surface area contributed by atoms with Crippen LogP contribution in [0.25, 0.3) is 0 Å². The number of nitrogens with one attached hydrogen (secondary N) is 3. The average molecular weight is 340 g/mol. The Morgan fingerprint density at radius 2 is 1.86 bits per heavy atom. The Labute approximate surface area is 132 Å². The number of carbonyl (C=O) groups excluding carboxylic acids is 1. The lowest BCUT2D eigenvalue weighted by molar-refractivity contribution is -0.115. The average Bonchev–Trinajstić information content (AvgIpc) is 2.83. The van der Waals surface area contributed by atoms with Crippen LogP contribution in [-0.4, -0.2) is 32.1 Å². The maximum atomic E-state index is 11.6. The monoisotopic (exact) mass is 340 g/mol. The first kappa shape index (κ1) is 16.4. The summed E-state index contributed by atoms with van der Waals surface area (Å²) in [5, 5.41) is 8.50. The molecule has 0 atom stereocenters. The van der Waals surface area contributed by atoms with Gasteiger partial charge in [-0.3, -0.25) is 4.79 Å². The van der Waals surface area contributed by atoms with Crippen molar-refractivity contribution in [1.82, 2.24) is 9.71 Å². The van der Waals surface area contributed by atoms with Gasteiger partial charge in [-0.1, -0.05) is 0 Å². The molecule has 0 aliphatic heterocycles. The van der Waals surface area contributed by atoms with Crippen LogP contribution in [0.2, 0.25) is 0 Å². The molecule has 118 valence electrons. The summed E-state index contributed by atoms with van der Waals surface area (Å²) in [7, 11) is -3.38. The zero-order valence-electron chi connectivity index (χ0n) is 12.1. The molecule has 0 spiro atoms. The second kappa shape index (κ2) is 6.86. The Morgan fingerprint density at radius 3 is 2.41 bits per heavy atom. The highest BCUT2D eigenvalue weighted by Crippen LogP contribution is 2.21. The van der Waals surface area contributed by atoms with Crippen molar-refractivity contribution in [1.29, 1.82) is 0 Å². The first-order valence-corrected chi connectivity index (χ1v) is 9.13. The van der Waals surface area contributed by atoms with E-state index < -0.39 is 15.9 Å². The van der Waals surface area contributed by atoms with Gasteiger partial charge in [0, 0.05) is 16.8 Å². The number of hydrogen-bond acceptors (Lipinski definition) is 6. The molecule has 0 radical (unpaired) electrons. The number of aryl methyl sites for hydroxylation is 1. The molecule has 1 amide bonds. The van der Waals surface area contributed by atoms with E-state index >= 15 is 0 Å². The lowest BCUT2D eigenvalue weighted by atomic mass is 10.3. The van der Waals surface area contributed by atoms with Gasteiger partial charge in [-0.05, 0) is 31.2 Å². The molecule has 1 heterocycles. The summed E-state index contributed by atoms with van der Waals surface area (Å²) >= 11 is 1.51. The van der Waals surface area contributed by atoms with Crippen molar-refractivity contribution in [3.8, 4) is 0 Å². The predicted molar refractivity (Wildman–Crippen MR) is 88.1 cm³/mol. The lowest BCUT2D eigenvalue weighted by Gasteiger charge is -2.07. The SMILES string of the molecule is Cc1csc(Nc2ccc(NC(=O)CNS(C)(=O)=O)cc2)n1. The highest BCUT2D eigenvalue weighted by atomic mass is 32.2. The van der Waals surface area contributed by atoms with Crippen LogP contribution in [0.5, 0.6) is 0 Å². The number of benzene rings is 1. The Hall–Kier alpha value is -1.97. The minimum absolute atomic E-state index is 0.294. The highest BCUT2D eigenvalue weighted by molar-refractivity contribution is 7.88. The third-order valence-electron chi connectivity index (χ3n) is 2.53. The van der Waals surface area contributed by atoms with Crippen molar-refractivity contribution in [2.24, 2.45) is 0 Å². The fourth-order valence-corrected chi connectivity index (χ4v) is 2.68. The molecule has 0 saturated heterocycles. The summed E-state index contributed by atoms with van der Waals surface area (Å²) in [6, 6.07) is 7.05. The van der Waals surface area contributed by atoms with Crippen LogP contribution >= 0.6 is 11.3 Å². The normalized spacial score (nSPS) is 11.2. The molecule has 2 aromatic rings. The maximum Gasteiger partial charge on any atom is 0.239 e. The molecule has 0 aliphatic carbocycles. The molecule has 2 rings (SSSR count). The Balaban J connectivity index is 1.90. The van der Waals surface area contributed by atoms with Crippen LogP contribution in [-0.2, 0) is 14.8 Å². The van der Waals surface area contributed by atoms with E-state index in [4.69, 9.17) is 0 Å². The van der Waals surface area contributed by atoms with Crippen LogP contribution in [0.3, 0.4) is 0 Å². The number of carbonyl (C=O) groups is 1. The maximum absolute atomic E-state index is 11.6. The van der Waals surface area contributed by atoms with Crippen molar-refractivity contribution in [2.75, 3.05) is 23.4 Å². The molecule has 0 bridgehead atoms. The number of aromatic nitrogens is 1. The second-order valence-corrected chi connectivity index (χ2v) is 7.33. The van der Waals surface area contributed by atoms with Crippen LogP contribution in [0.15, 0.2) is 29.6 Å². The minimum atomic E-state index is -3.38. The fourth-order valence-electron chi connectivity index (χ4n) is 1.57. The molecule has 0 aliphatic rings. The number of thiazole rings is 1. The number of anilines is 3. The summed E-state index contributed by atoms with van der Waals surface area (Å²) in [6.07, 6.45) is 1.00. The molecule has 9 heteroatoms. The molecule has 0 unspecified atom stereocenters. The lowest BCUT2D eigenvalue weighted by Crippen LogP contribution is -2.32. The number of nitrogens with zero attached hydrogens (tertiary/aromatic N) is 1. The Bertz CT molecular complexity index is 754. The molecular formula is C13H16N4O3S2. The Morgan fingerprint density at radius 1 is 1.23 bits per heavy atom. The molecular weight excluding hydrogens is 324 g/mol. The van der Waals surface area contributed by atoms with Crippen molar-refractivity contribution < 1.29 is 13.2 Å². The number of amides is 1. The number of hydrogen-bond donors (Lipinski definition) is 3. The van der Waals surface area contributed by atoms with Gasteiger partial charge in [-0.2, -0.15) is 0 Å². The van der Waals surface area contributed by atoms with Gasteiger partial charge in [0.05, 0.1) is 18.5 Å². The van der Waals surface area contributed by atoms with E-state index in [1.807, 2.05) is 12.3 Å². The van der Waals surface area contributed by atoms with E-state index in [0.29, 0.717) is 5.69 Å². The zero-order valence-corrected chi connectivity index (χ0v) is 13.7. The summed E-state index contributed by atoms with van der Waals surface area (Å²) in [6.45, 7) is 1.63. The summed E-state index contributed by atoms with van der Waals surface area (Å²) < 4.78 is 23.9. The third kappa shape index (κ3) is 5.43. The molecule has 0 saturated carbocycles. The predicted octanol–water partition coefficient (Wildman–Crippen LogP) is 1.68. The first-order chi connectivity index (χ1) is 10.3. The highest BCUT2D eigenvalue weighted by Gasteiger charge is 2.06. The quantitative estimate of drug-likeness (QED) is 0.743. The fraction of sp³-hybridized carbons (Fsp3) is 0.231. The van der Waals surface area contributed by atoms with E-state index in [0.717, 1.165) is 22.8 Å². The second-order valence-electron chi connectivity index (χ2n) is 4.64. The van der Waals surface area contributed by atoms with Crippen molar-refractivity contribution in [3.63, 3.8) is 0 Å². The van der Waals surface area contributed by atoms with Gasteiger partial charge in [0.25, 0.3) is 0 Å². The van der Waals surface area contributed by atoms with Gasteiger partial charge in [-0.15, -0.1) is 11.3 Å². The standard InChI is InChI=1S/C13H16N4O3S2/c1-9-8-21-13(15-9)17-11-5-3-10(4-6-11)16-12(18)7-14-22(2,19)20/h3-6,8,14H,7H2,1-2H3,(H,15,17)(H,16,18). The topological polar surface area (TPSA) is 100 Å². The summed E-state index contributed by atoms with van der Waals surface area (Å²) in [4.78, 5) is 15.9. The van der Waals surface area contributed by atoms with E-state index in [1.165, 1.54) is 11.3 Å². The largest absolute Gasteiger partial charge is 0.332 e. The van der Waals surface area contributed by atoms with Crippen molar-refractivity contribution in [2.45, 2.75) is 6.92 Å². The molecule has 3 N–H and O–H groups in total. The van der Waals surface area contributed by atoms with Gasteiger partial charge < -0.3 is 10.6 Å². The van der Waals surface area contributed by atoms with Gasteiger partial charge in [0.1, 0.15) is 0 Å². The van der Waals surface area contributed by atoms with Crippen LogP contribution in [0.4, 0.5) is 16.5 Å². The van der Waals surface area contributed by atoms with E-state index in [-0.39, 0.29) is 6.54 Å². The molecule has 1 aromatic carbocycles. The van der Waals surface area contributed by atoms with Gasteiger partial charge in [0.15, 0.2) is 5.13 Å². The van der Waals surface area contributed by atoms with E-state index in [2.05, 4.69) is 20.3 Å². The van der Waals surface area contributed by atoms with E-state index in [1.54, 1.807) is 24.3 Å². The molecule has 22 heavy (non-hydrogen) atoms. The first-order valence-electron chi connectivity index (χ1n) is 6.35. The van der Waals surface area contributed by atoms with E-state index in [9.17, 15) is 13.2 Å². The molecule has 7 nitrogen and oxygen atoms in total. The van der Waals surface area contributed by atoms with Gasteiger partial charge >= 0.3 is 0 Å². The van der Waals surface area contributed by atoms with Crippen molar-refractivity contribution in [3.05, 3.63) is 35.3 Å². The molecule has 0 fully saturated rings. The molecule has 1 aromatic heterocycles. The Kier molecular flexibility index (Phi) is 5.11. The zero-order chi connectivity index (χ0) is 16.2. The van der Waals surface area contributed by atoms with Crippen LogP contribution in [0, 0.1) is 6.92 Å². The summed E-state index contributed by atoms with van der Waals surface area (Å²) in [5.74, 6) is -0.429. The van der Waals surface area contributed by atoms with Crippen LogP contribution in [0.1, 0.15) is 5.69 Å². The van der Waals surface area contributed by atoms with Gasteiger partial charge in [-0.25, -0.2) is 18.1 Å². The van der Waals surface area contributed by atoms with Crippen LogP contribution < -0.4 is 15.4 Å². The van der Waals surface area contributed by atoms with Crippen molar-refractivity contribution >= 4 is 43.8 Å². The third-order valence-corrected chi connectivity index (χ3v) is 4.08. The van der Waals surface area contributed by atoms with Gasteiger partial charge in [0.2, 0.25) is 15.9 Å². The number of sulfonamides is 1. The smallest absolute Gasteiger partial charge is 0.239 e. The minimum Gasteiger partial charge on any atom is -0.332 e.